The van der Waals surface area contributed by atoms with Gasteiger partial charge < -0.3 is 4.74 Å². The lowest BCUT2D eigenvalue weighted by atomic mass is 9.52. The average Bonchev–Trinajstić information content (AvgIpc) is 2.70. The minimum absolute atomic E-state index is 0.401. The van der Waals surface area contributed by atoms with E-state index in [-0.39, 0.29) is 0 Å². The van der Waals surface area contributed by atoms with E-state index in [0.717, 1.165) is 18.2 Å². The maximum atomic E-state index is 5.58. The molecule has 0 amide bonds. The molecular weight excluding hydrogens is 318 g/mol. The van der Waals surface area contributed by atoms with Crippen molar-refractivity contribution in [2.45, 2.75) is 56.5 Å². The Morgan fingerprint density at radius 1 is 1.08 bits per heavy atom. The first-order valence-corrected chi connectivity index (χ1v) is 10.3. The Kier molecular flexibility index (Phi) is 4.04. The van der Waals surface area contributed by atoms with Crippen molar-refractivity contribution in [2.75, 3.05) is 13.7 Å². The van der Waals surface area contributed by atoms with Gasteiger partial charge >= 0.3 is 0 Å². The van der Waals surface area contributed by atoms with Crippen LogP contribution >= 0.6 is 0 Å². The van der Waals surface area contributed by atoms with Crippen LogP contribution in [0.1, 0.15) is 48.8 Å². The molecule has 0 spiro atoms. The first-order valence-electron chi connectivity index (χ1n) is 10.3. The molecular formula is C24H29NO. The zero-order valence-corrected chi connectivity index (χ0v) is 15.8. The molecule has 1 heterocycles. The number of piperidine rings is 1. The number of hydrogen-bond acceptors (Lipinski definition) is 2. The van der Waals surface area contributed by atoms with Crippen molar-refractivity contribution in [2.24, 2.45) is 5.92 Å². The Labute approximate surface area is 157 Å². The highest BCUT2D eigenvalue weighted by molar-refractivity contribution is 5.45. The number of methoxy groups -OCH3 is 1. The summed E-state index contributed by atoms with van der Waals surface area (Å²) in [6.07, 6.45) is 8.07. The lowest BCUT2D eigenvalue weighted by Gasteiger charge is -2.59. The van der Waals surface area contributed by atoms with Crippen LogP contribution in [0.15, 0.2) is 48.5 Å². The van der Waals surface area contributed by atoms with E-state index >= 15 is 0 Å². The predicted octanol–water partition coefficient (Wildman–Crippen LogP) is 4.95. The van der Waals surface area contributed by atoms with Gasteiger partial charge in [0.1, 0.15) is 5.75 Å². The van der Waals surface area contributed by atoms with E-state index in [1.54, 1.807) is 18.2 Å². The SMILES string of the molecule is COc1ccc2c(c1)[C@@]13CCCC[C@H]1[C@@H](C2)N(Cc1ccccc1)CC3. The van der Waals surface area contributed by atoms with E-state index in [1.165, 1.54) is 50.6 Å². The van der Waals surface area contributed by atoms with Crippen molar-refractivity contribution in [3.63, 3.8) is 0 Å². The maximum absolute atomic E-state index is 5.58. The molecule has 0 N–H and O–H groups in total. The summed E-state index contributed by atoms with van der Waals surface area (Å²) in [6, 6.07) is 18.6. The average molecular weight is 348 g/mol. The summed E-state index contributed by atoms with van der Waals surface area (Å²) in [6.45, 7) is 2.33. The fourth-order valence-electron chi connectivity index (χ4n) is 6.20. The number of fused-ring (bicyclic) bond motifs is 1. The molecule has 1 aliphatic heterocycles. The molecule has 5 rings (SSSR count). The number of rotatable bonds is 3. The molecule has 2 heteroatoms. The summed E-state index contributed by atoms with van der Waals surface area (Å²) in [7, 11) is 1.80. The molecule has 0 unspecified atom stereocenters. The van der Waals surface area contributed by atoms with E-state index in [2.05, 4.69) is 53.4 Å². The van der Waals surface area contributed by atoms with Gasteiger partial charge in [-0.3, -0.25) is 4.90 Å². The van der Waals surface area contributed by atoms with Crippen molar-refractivity contribution in [3.8, 4) is 5.75 Å². The maximum Gasteiger partial charge on any atom is 0.119 e. The molecule has 136 valence electrons. The van der Waals surface area contributed by atoms with Gasteiger partial charge in [0.25, 0.3) is 0 Å². The molecule has 2 aromatic rings. The van der Waals surface area contributed by atoms with Crippen LogP contribution in [0.3, 0.4) is 0 Å². The Balaban J connectivity index is 1.53. The third kappa shape index (κ3) is 2.50. The second-order valence-electron chi connectivity index (χ2n) is 8.51. The van der Waals surface area contributed by atoms with Crippen molar-refractivity contribution in [1.82, 2.24) is 4.90 Å². The van der Waals surface area contributed by atoms with Crippen LogP contribution in [0.5, 0.6) is 5.75 Å². The van der Waals surface area contributed by atoms with Gasteiger partial charge in [-0.1, -0.05) is 49.2 Å². The fraction of sp³-hybridized carbons (Fsp3) is 0.500. The van der Waals surface area contributed by atoms with Crippen molar-refractivity contribution < 1.29 is 4.74 Å². The normalized spacial score (nSPS) is 30.3. The van der Waals surface area contributed by atoms with Crippen molar-refractivity contribution >= 4 is 0 Å². The lowest BCUT2D eigenvalue weighted by molar-refractivity contribution is -0.0157. The van der Waals surface area contributed by atoms with Gasteiger partial charge in [0, 0.05) is 18.0 Å². The van der Waals surface area contributed by atoms with E-state index < -0.39 is 0 Å². The smallest absolute Gasteiger partial charge is 0.119 e. The summed E-state index contributed by atoms with van der Waals surface area (Å²) >= 11 is 0. The van der Waals surface area contributed by atoms with E-state index in [4.69, 9.17) is 4.74 Å². The molecule has 2 bridgehead atoms. The Hall–Kier alpha value is -1.80. The Morgan fingerprint density at radius 2 is 1.96 bits per heavy atom. The highest BCUT2D eigenvalue weighted by Crippen LogP contribution is 2.56. The first kappa shape index (κ1) is 16.4. The van der Waals surface area contributed by atoms with Gasteiger partial charge in [-0.05, 0) is 67.0 Å². The summed E-state index contributed by atoms with van der Waals surface area (Å²) in [4.78, 5) is 2.79. The molecule has 3 atom stereocenters. The largest absolute Gasteiger partial charge is 0.497 e. The third-order valence-corrected chi connectivity index (χ3v) is 7.39. The van der Waals surface area contributed by atoms with Gasteiger partial charge in [-0.2, -0.15) is 0 Å². The minimum atomic E-state index is 0.401. The highest BCUT2D eigenvalue weighted by atomic mass is 16.5. The van der Waals surface area contributed by atoms with Crippen LogP contribution in [0.2, 0.25) is 0 Å². The molecule has 26 heavy (non-hydrogen) atoms. The van der Waals surface area contributed by atoms with Crippen LogP contribution in [0.4, 0.5) is 0 Å². The van der Waals surface area contributed by atoms with Crippen molar-refractivity contribution in [3.05, 3.63) is 65.2 Å². The molecule has 2 aliphatic carbocycles. The van der Waals surface area contributed by atoms with Gasteiger partial charge in [-0.15, -0.1) is 0 Å². The van der Waals surface area contributed by atoms with E-state index in [1.807, 2.05) is 0 Å². The second kappa shape index (κ2) is 6.42. The standard InChI is InChI=1S/C24H29NO/c1-26-20-11-10-19-15-23-21-9-5-6-12-24(21,22(19)16-20)13-14-25(23)17-18-7-3-2-4-8-18/h2-4,7-8,10-11,16,21,23H,5-6,9,12-15,17H2,1H3/t21-,23+,24+/m0/s1. The molecule has 2 nitrogen and oxygen atoms in total. The number of benzene rings is 2. The number of hydrogen-bond donors (Lipinski definition) is 0. The van der Waals surface area contributed by atoms with Gasteiger partial charge in [0.2, 0.25) is 0 Å². The zero-order chi connectivity index (χ0) is 17.6. The topological polar surface area (TPSA) is 12.5 Å². The van der Waals surface area contributed by atoms with Crippen LogP contribution in [0.25, 0.3) is 0 Å². The van der Waals surface area contributed by atoms with Crippen LogP contribution in [-0.4, -0.2) is 24.6 Å². The van der Waals surface area contributed by atoms with Crippen LogP contribution in [-0.2, 0) is 18.4 Å². The molecule has 1 saturated heterocycles. The van der Waals surface area contributed by atoms with Gasteiger partial charge in [-0.25, -0.2) is 0 Å². The summed E-state index contributed by atoms with van der Waals surface area (Å²) in [5, 5.41) is 0. The van der Waals surface area contributed by atoms with E-state index in [0.29, 0.717) is 11.5 Å². The number of likely N-dealkylation sites (tertiary alicyclic amines) is 1. The van der Waals surface area contributed by atoms with Gasteiger partial charge in [0.15, 0.2) is 0 Å². The first-order chi connectivity index (χ1) is 12.8. The van der Waals surface area contributed by atoms with E-state index in [9.17, 15) is 0 Å². The Bertz CT molecular complexity index is 786. The minimum Gasteiger partial charge on any atom is -0.497 e. The highest BCUT2D eigenvalue weighted by Gasteiger charge is 2.53. The molecule has 2 aromatic carbocycles. The number of nitrogens with zero attached hydrogens (tertiary/aromatic N) is 1. The molecule has 3 aliphatic rings. The predicted molar refractivity (Wildman–Crippen MR) is 106 cm³/mol. The molecule has 2 fully saturated rings. The van der Waals surface area contributed by atoms with Crippen LogP contribution in [0, 0.1) is 5.92 Å². The monoisotopic (exact) mass is 347 g/mol. The van der Waals surface area contributed by atoms with Crippen molar-refractivity contribution in [1.29, 1.82) is 0 Å². The number of ether oxygens (including phenoxy) is 1. The zero-order valence-electron chi connectivity index (χ0n) is 15.8. The lowest BCUT2D eigenvalue weighted by Crippen LogP contribution is -2.60. The third-order valence-electron chi connectivity index (χ3n) is 7.39. The fourth-order valence-corrected chi connectivity index (χ4v) is 6.20. The quantitative estimate of drug-likeness (QED) is 0.778. The summed E-state index contributed by atoms with van der Waals surface area (Å²) < 4.78 is 5.58. The van der Waals surface area contributed by atoms with Gasteiger partial charge in [0.05, 0.1) is 7.11 Å². The molecule has 1 saturated carbocycles. The second-order valence-corrected chi connectivity index (χ2v) is 8.51. The molecule has 0 radical (unpaired) electrons. The summed E-state index contributed by atoms with van der Waals surface area (Å²) in [5.74, 6) is 1.85. The Morgan fingerprint density at radius 3 is 2.81 bits per heavy atom. The summed E-state index contributed by atoms with van der Waals surface area (Å²) in [5.41, 5.74) is 5.05. The van der Waals surface area contributed by atoms with Crippen LogP contribution < -0.4 is 4.74 Å². The molecule has 0 aromatic heterocycles.